The van der Waals surface area contributed by atoms with Gasteiger partial charge in [0, 0.05) is 12.8 Å². The number of hydrogen-bond acceptors (Lipinski definition) is 1. The Morgan fingerprint density at radius 1 is 1.18 bits per heavy atom. The molecular formula is C10H12O. The second kappa shape index (κ2) is 2.65. The maximum absolute atomic E-state index is 11.1. The first-order chi connectivity index (χ1) is 5.36. The molecule has 2 atom stereocenters. The Morgan fingerprint density at radius 3 is 2.73 bits per heavy atom. The predicted octanol–water partition coefficient (Wildman–Crippen LogP) is 2.10. The van der Waals surface area contributed by atoms with E-state index in [1.165, 1.54) is 0 Å². The van der Waals surface area contributed by atoms with Crippen molar-refractivity contribution in [1.82, 2.24) is 0 Å². The molecule has 1 fully saturated rings. The van der Waals surface area contributed by atoms with Crippen molar-refractivity contribution in [3.8, 4) is 0 Å². The van der Waals surface area contributed by atoms with Gasteiger partial charge in [0.15, 0.2) is 0 Å². The summed E-state index contributed by atoms with van der Waals surface area (Å²) in [5, 5.41) is 0. The van der Waals surface area contributed by atoms with Crippen LogP contribution >= 0.6 is 0 Å². The highest BCUT2D eigenvalue weighted by atomic mass is 16.1. The third kappa shape index (κ3) is 1.28. The Bertz CT molecular complexity index is 225. The summed E-state index contributed by atoms with van der Waals surface area (Å²) in [4.78, 5) is 11.1. The number of carbonyl (C=O) groups excluding carboxylic acids is 1. The highest BCUT2D eigenvalue weighted by Gasteiger charge is 2.26. The van der Waals surface area contributed by atoms with Gasteiger partial charge in [0.2, 0.25) is 0 Å². The number of rotatable bonds is 0. The molecule has 0 N–H and O–H groups in total. The largest absolute Gasteiger partial charge is 0.300 e. The Kier molecular flexibility index (Phi) is 1.65. The van der Waals surface area contributed by atoms with Crippen molar-refractivity contribution in [2.75, 3.05) is 0 Å². The lowest BCUT2D eigenvalue weighted by Crippen LogP contribution is -2.23. The molecule has 0 aliphatic heterocycles. The molecule has 1 saturated carbocycles. The van der Waals surface area contributed by atoms with E-state index in [0.717, 1.165) is 19.3 Å². The fraction of sp³-hybridized carbons (Fsp3) is 0.500. The van der Waals surface area contributed by atoms with Crippen molar-refractivity contribution in [2.45, 2.75) is 19.3 Å². The molecule has 0 amide bonds. The fourth-order valence-corrected chi connectivity index (χ4v) is 1.92. The third-order valence-electron chi connectivity index (χ3n) is 2.60. The number of Topliss-reactive ketones (excluding diaryl/α,β-unsaturated/α-hetero) is 1. The van der Waals surface area contributed by atoms with Gasteiger partial charge in [-0.05, 0) is 18.3 Å². The second-order valence-corrected chi connectivity index (χ2v) is 3.38. The van der Waals surface area contributed by atoms with E-state index in [1.807, 2.05) is 0 Å². The van der Waals surface area contributed by atoms with Gasteiger partial charge in [-0.3, -0.25) is 4.79 Å². The van der Waals surface area contributed by atoms with E-state index in [-0.39, 0.29) is 0 Å². The van der Waals surface area contributed by atoms with Crippen molar-refractivity contribution in [1.29, 1.82) is 0 Å². The zero-order valence-corrected chi connectivity index (χ0v) is 6.49. The lowest BCUT2D eigenvalue weighted by Gasteiger charge is -2.27. The van der Waals surface area contributed by atoms with E-state index in [9.17, 15) is 4.79 Å². The maximum Gasteiger partial charge on any atom is 0.133 e. The smallest absolute Gasteiger partial charge is 0.133 e. The van der Waals surface area contributed by atoms with Crippen molar-refractivity contribution in [3.63, 3.8) is 0 Å². The van der Waals surface area contributed by atoms with Gasteiger partial charge < -0.3 is 0 Å². The zero-order valence-electron chi connectivity index (χ0n) is 6.49. The SMILES string of the molecule is O=C1CCC2C=CC=CC2C1. The molecule has 2 aliphatic rings. The summed E-state index contributed by atoms with van der Waals surface area (Å²) < 4.78 is 0. The van der Waals surface area contributed by atoms with Gasteiger partial charge in [-0.1, -0.05) is 24.3 Å². The zero-order chi connectivity index (χ0) is 7.68. The van der Waals surface area contributed by atoms with E-state index >= 15 is 0 Å². The Balaban J connectivity index is 2.12. The van der Waals surface area contributed by atoms with Crippen LogP contribution in [-0.2, 0) is 4.79 Å². The van der Waals surface area contributed by atoms with Crippen LogP contribution in [0.3, 0.4) is 0 Å². The van der Waals surface area contributed by atoms with E-state index in [4.69, 9.17) is 0 Å². The van der Waals surface area contributed by atoms with Crippen molar-refractivity contribution < 1.29 is 4.79 Å². The molecule has 0 spiro atoms. The number of fused-ring (bicyclic) bond motifs is 1. The fourth-order valence-electron chi connectivity index (χ4n) is 1.92. The number of allylic oxidation sites excluding steroid dienone is 4. The molecule has 11 heavy (non-hydrogen) atoms. The maximum atomic E-state index is 11.1. The van der Waals surface area contributed by atoms with Crippen LogP contribution in [0.15, 0.2) is 24.3 Å². The van der Waals surface area contributed by atoms with Crippen molar-refractivity contribution >= 4 is 5.78 Å². The monoisotopic (exact) mass is 148 g/mol. The van der Waals surface area contributed by atoms with Gasteiger partial charge in [-0.2, -0.15) is 0 Å². The van der Waals surface area contributed by atoms with Crippen LogP contribution in [0, 0.1) is 11.8 Å². The van der Waals surface area contributed by atoms with Crippen molar-refractivity contribution in [2.24, 2.45) is 11.8 Å². The van der Waals surface area contributed by atoms with E-state index in [2.05, 4.69) is 24.3 Å². The first kappa shape index (κ1) is 6.84. The summed E-state index contributed by atoms with van der Waals surface area (Å²) in [7, 11) is 0. The second-order valence-electron chi connectivity index (χ2n) is 3.38. The number of hydrogen-bond donors (Lipinski definition) is 0. The van der Waals surface area contributed by atoms with Crippen LogP contribution in [0.4, 0.5) is 0 Å². The quantitative estimate of drug-likeness (QED) is 0.514. The van der Waals surface area contributed by atoms with Crippen LogP contribution in [0.5, 0.6) is 0 Å². The van der Waals surface area contributed by atoms with E-state index < -0.39 is 0 Å². The molecule has 2 unspecified atom stereocenters. The molecule has 58 valence electrons. The van der Waals surface area contributed by atoms with Gasteiger partial charge in [-0.15, -0.1) is 0 Å². The minimum atomic E-state index is 0.436. The van der Waals surface area contributed by atoms with Crippen LogP contribution in [-0.4, -0.2) is 5.78 Å². The van der Waals surface area contributed by atoms with Gasteiger partial charge in [0.25, 0.3) is 0 Å². The summed E-state index contributed by atoms with van der Waals surface area (Å²) in [6.45, 7) is 0. The molecule has 1 nitrogen and oxygen atoms in total. The minimum absolute atomic E-state index is 0.436. The highest BCUT2D eigenvalue weighted by Crippen LogP contribution is 2.31. The topological polar surface area (TPSA) is 17.1 Å². The minimum Gasteiger partial charge on any atom is -0.300 e. The lowest BCUT2D eigenvalue weighted by atomic mass is 9.77. The molecule has 0 bridgehead atoms. The van der Waals surface area contributed by atoms with Crippen LogP contribution < -0.4 is 0 Å². The number of carbonyl (C=O) groups is 1. The summed E-state index contributed by atoms with van der Waals surface area (Å²) in [5.74, 6) is 1.60. The average molecular weight is 148 g/mol. The first-order valence-corrected chi connectivity index (χ1v) is 4.23. The standard InChI is InChI=1S/C10H12O/c11-10-6-5-8-3-1-2-4-9(8)7-10/h1-4,8-9H,5-7H2. The third-order valence-corrected chi connectivity index (χ3v) is 2.60. The molecule has 0 aromatic heterocycles. The molecule has 2 aliphatic carbocycles. The normalized spacial score (nSPS) is 35.5. The summed E-state index contributed by atoms with van der Waals surface area (Å²) in [6, 6.07) is 0. The summed E-state index contributed by atoms with van der Waals surface area (Å²) >= 11 is 0. The van der Waals surface area contributed by atoms with E-state index in [1.54, 1.807) is 0 Å². The molecule has 0 radical (unpaired) electrons. The molecule has 0 saturated heterocycles. The molecule has 0 aromatic carbocycles. The highest BCUT2D eigenvalue weighted by molar-refractivity contribution is 5.79. The summed E-state index contributed by atoms with van der Waals surface area (Å²) in [5.41, 5.74) is 0. The van der Waals surface area contributed by atoms with Gasteiger partial charge in [0.1, 0.15) is 5.78 Å². The van der Waals surface area contributed by atoms with Crippen LogP contribution in [0.2, 0.25) is 0 Å². The van der Waals surface area contributed by atoms with E-state index in [0.29, 0.717) is 17.6 Å². The van der Waals surface area contributed by atoms with Gasteiger partial charge in [-0.25, -0.2) is 0 Å². The molecule has 0 aromatic rings. The van der Waals surface area contributed by atoms with Gasteiger partial charge in [0.05, 0.1) is 0 Å². The lowest BCUT2D eigenvalue weighted by molar-refractivity contribution is -0.121. The van der Waals surface area contributed by atoms with Crippen molar-refractivity contribution in [3.05, 3.63) is 24.3 Å². The predicted molar refractivity (Wildman–Crippen MR) is 44.1 cm³/mol. The average Bonchev–Trinajstić information content (AvgIpc) is 2.04. The van der Waals surface area contributed by atoms with Crippen LogP contribution in [0.1, 0.15) is 19.3 Å². The molecule has 0 heterocycles. The molecule has 2 rings (SSSR count). The Labute approximate surface area is 66.8 Å². The first-order valence-electron chi connectivity index (χ1n) is 4.23. The summed E-state index contributed by atoms with van der Waals surface area (Å²) in [6.07, 6.45) is 11.2. The molecule has 1 heteroatoms. The Morgan fingerprint density at radius 2 is 1.91 bits per heavy atom. The van der Waals surface area contributed by atoms with Gasteiger partial charge >= 0.3 is 0 Å². The Hall–Kier alpha value is -0.850. The number of ketones is 1. The van der Waals surface area contributed by atoms with Crippen LogP contribution in [0.25, 0.3) is 0 Å². The molecular weight excluding hydrogens is 136 g/mol.